The van der Waals surface area contributed by atoms with E-state index < -0.39 is 0 Å². The summed E-state index contributed by atoms with van der Waals surface area (Å²) in [6.45, 7) is 1.20. The molecule has 1 aromatic carbocycles. The number of aryl methyl sites for hydroxylation is 1. The Morgan fingerprint density at radius 3 is 2.81 bits per heavy atom. The molecule has 1 aromatic heterocycles. The molecule has 1 saturated heterocycles. The highest BCUT2D eigenvalue weighted by atomic mass is 16.6. The summed E-state index contributed by atoms with van der Waals surface area (Å²) in [5.41, 5.74) is 1.88. The van der Waals surface area contributed by atoms with Crippen molar-refractivity contribution in [1.29, 1.82) is 0 Å². The largest absolute Gasteiger partial charge is 0.442 e. The maximum Gasteiger partial charge on any atom is 0.414 e. The zero-order chi connectivity index (χ0) is 14.8. The number of para-hydroxylation sites is 1. The van der Waals surface area contributed by atoms with E-state index in [1.165, 1.54) is 0 Å². The summed E-state index contributed by atoms with van der Waals surface area (Å²) in [7, 11) is 3.85. The van der Waals surface area contributed by atoms with E-state index in [2.05, 4.69) is 5.10 Å². The average Bonchev–Trinajstić information content (AvgIpc) is 3.06. The highest BCUT2D eigenvalue weighted by Crippen LogP contribution is 2.22. The molecule has 0 N–H and O–H groups in total. The Balaban J connectivity index is 1.65. The maximum absolute atomic E-state index is 12.0. The summed E-state index contributed by atoms with van der Waals surface area (Å²) in [6, 6.07) is 9.58. The SMILES string of the molecule is CN(CC1CN(c2ccccc2)C(=O)O1)c1cnn(C)c1. The lowest BCUT2D eigenvalue weighted by Gasteiger charge is -2.20. The third-order valence-corrected chi connectivity index (χ3v) is 3.55. The highest BCUT2D eigenvalue weighted by molar-refractivity contribution is 5.89. The van der Waals surface area contributed by atoms with Crippen LogP contribution in [0.3, 0.4) is 0 Å². The molecule has 2 heterocycles. The van der Waals surface area contributed by atoms with Gasteiger partial charge in [-0.25, -0.2) is 4.79 Å². The number of likely N-dealkylation sites (N-methyl/N-ethyl adjacent to an activating group) is 1. The lowest BCUT2D eigenvalue weighted by molar-refractivity contribution is 0.144. The maximum atomic E-state index is 12.0. The zero-order valence-corrected chi connectivity index (χ0v) is 12.1. The standard InChI is InChI=1S/C15H18N4O2/c1-17(13-8-16-18(2)9-13)10-14-11-19(15(20)21-14)12-6-4-3-5-7-12/h3-9,14H,10-11H2,1-2H3. The van der Waals surface area contributed by atoms with Crippen LogP contribution in [0.5, 0.6) is 0 Å². The van der Waals surface area contributed by atoms with E-state index in [-0.39, 0.29) is 12.2 Å². The van der Waals surface area contributed by atoms with Crippen molar-refractivity contribution in [2.75, 3.05) is 29.9 Å². The molecule has 0 spiro atoms. The summed E-state index contributed by atoms with van der Waals surface area (Å²) in [4.78, 5) is 15.7. The number of benzene rings is 1. The van der Waals surface area contributed by atoms with E-state index in [0.717, 1.165) is 11.4 Å². The Morgan fingerprint density at radius 1 is 1.38 bits per heavy atom. The lowest BCUT2D eigenvalue weighted by Crippen LogP contribution is -2.32. The number of cyclic esters (lactones) is 1. The number of carbonyl (C=O) groups is 1. The summed E-state index contributed by atoms with van der Waals surface area (Å²) >= 11 is 0. The predicted molar refractivity (Wildman–Crippen MR) is 80.5 cm³/mol. The molecule has 3 rings (SSSR count). The first kappa shape index (κ1) is 13.5. The van der Waals surface area contributed by atoms with Gasteiger partial charge in [-0.05, 0) is 12.1 Å². The van der Waals surface area contributed by atoms with Crippen LogP contribution in [0.25, 0.3) is 0 Å². The van der Waals surface area contributed by atoms with Crippen LogP contribution in [-0.2, 0) is 11.8 Å². The third-order valence-electron chi connectivity index (χ3n) is 3.55. The Morgan fingerprint density at radius 2 is 2.14 bits per heavy atom. The van der Waals surface area contributed by atoms with Gasteiger partial charge in [-0.1, -0.05) is 18.2 Å². The molecular formula is C15H18N4O2. The lowest BCUT2D eigenvalue weighted by atomic mass is 10.2. The second-order valence-corrected chi connectivity index (χ2v) is 5.20. The van der Waals surface area contributed by atoms with Crippen LogP contribution in [0.4, 0.5) is 16.2 Å². The number of rotatable bonds is 4. The van der Waals surface area contributed by atoms with Gasteiger partial charge in [-0.2, -0.15) is 5.10 Å². The van der Waals surface area contributed by atoms with Crippen LogP contribution in [0.2, 0.25) is 0 Å². The van der Waals surface area contributed by atoms with E-state index in [1.807, 2.05) is 55.5 Å². The molecule has 1 atom stereocenters. The van der Waals surface area contributed by atoms with E-state index >= 15 is 0 Å². The van der Waals surface area contributed by atoms with Crippen LogP contribution in [-0.4, -0.2) is 42.1 Å². The summed E-state index contributed by atoms with van der Waals surface area (Å²) in [6.07, 6.45) is 3.30. The molecule has 1 aliphatic rings. The fraction of sp³-hybridized carbons (Fsp3) is 0.333. The van der Waals surface area contributed by atoms with Gasteiger partial charge >= 0.3 is 6.09 Å². The predicted octanol–water partition coefficient (Wildman–Crippen LogP) is 1.88. The number of aromatic nitrogens is 2. The van der Waals surface area contributed by atoms with E-state index in [0.29, 0.717) is 13.1 Å². The molecule has 21 heavy (non-hydrogen) atoms. The van der Waals surface area contributed by atoms with E-state index in [1.54, 1.807) is 15.8 Å². The van der Waals surface area contributed by atoms with Crippen molar-refractivity contribution < 1.29 is 9.53 Å². The van der Waals surface area contributed by atoms with Gasteiger partial charge in [-0.3, -0.25) is 9.58 Å². The summed E-state index contributed by atoms with van der Waals surface area (Å²) < 4.78 is 7.20. The Bertz CT molecular complexity index is 626. The van der Waals surface area contributed by atoms with E-state index in [4.69, 9.17) is 4.74 Å². The molecule has 6 nitrogen and oxygen atoms in total. The minimum absolute atomic E-state index is 0.150. The molecule has 1 unspecified atom stereocenters. The molecule has 2 aromatic rings. The Labute approximate surface area is 123 Å². The number of nitrogens with zero attached hydrogens (tertiary/aromatic N) is 4. The van der Waals surface area contributed by atoms with Gasteiger partial charge in [-0.15, -0.1) is 0 Å². The molecule has 1 aliphatic heterocycles. The van der Waals surface area contributed by atoms with Gasteiger partial charge in [0.2, 0.25) is 0 Å². The third kappa shape index (κ3) is 2.84. The average molecular weight is 286 g/mol. The normalized spacial score (nSPS) is 17.9. The molecule has 0 bridgehead atoms. The number of amides is 1. The molecule has 0 saturated carbocycles. The molecule has 6 heteroatoms. The number of hydrogen-bond acceptors (Lipinski definition) is 4. The van der Waals surface area contributed by atoms with Crippen LogP contribution in [0.1, 0.15) is 0 Å². The number of anilines is 2. The molecule has 0 aliphatic carbocycles. The zero-order valence-electron chi connectivity index (χ0n) is 12.1. The summed E-state index contributed by atoms with van der Waals surface area (Å²) in [5, 5.41) is 4.15. The van der Waals surface area contributed by atoms with E-state index in [9.17, 15) is 4.79 Å². The fourth-order valence-electron chi connectivity index (χ4n) is 2.45. The molecular weight excluding hydrogens is 268 g/mol. The van der Waals surface area contributed by atoms with Crippen molar-refractivity contribution in [3.8, 4) is 0 Å². The van der Waals surface area contributed by atoms with Crippen LogP contribution in [0, 0.1) is 0 Å². The van der Waals surface area contributed by atoms with Gasteiger partial charge in [0.15, 0.2) is 0 Å². The number of ether oxygens (including phenoxy) is 1. The molecule has 1 fully saturated rings. The second-order valence-electron chi connectivity index (χ2n) is 5.20. The second kappa shape index (κ2) is 5.47. The molecule has 0 radical (unpaired) electrons. The van der Waals surface area contributed by atoms with Crippen LogP contribution >= 0.6 is 0 Å². The minimum atomic E-state index is -0.286. The minimum Gasteiger partial charge on any atom is -0.442 e. The first-order valence-corrected chi connectivity index (χ1v) is 6.86. The topological polar surface area (TPSA) is 50.6 Å². The van der Waals surface area contributed by atoms with Gasteiger partial charge < -0.3 is 9.64 Å². The van der Waals surface area contributed by atoms with Gasteiger partial charge in [0.25, 0.3) is 0 Å². The molecule has 110 valence electrons. The van der Waals surface area contributed by atoms with Crippen molar-refractivity contribution in [2.24, 2.45) is 7.05 Å². The Kier molecular flexibility index (Phi) is 3.51. The Hall–Kier alpha value is -2.50. The number of hydrogen-bond donors (Lipinski definition) is 0. The van der Waals surface area contributed by atoms with Crippen LogP contribution in [0.15, 0.2) is 42.7 Å². The highest BCUT2D eigenvalue weighted by Gasteiger charge is 2.33. The van der Waals surface area contributed by atoms with Gasteiger partial charge in [0.05, 0.1) is 25.0 Å². The van der Waals surface area contributed by atoms with Crippen molar-refractivity contribution >= 4 is 17.5 Å². The molecule has 1 amide bonds. The smallest absolute Gasteiger partial charge is 0.414 e. The first-order valence-electron chi connectivity index (χ1n) is 6.86. The van der Waals surface area contributed by atoms with Crippen LogP contribution < -0.4 is 9.80 Å². The fourth-order valence-corrected chi connectivity index (χ4v) is 2.45. The van der Waals surface area contributed by atoms with Gasteiger partial charge in [0, 0.05) is 26.0 Å². The first-order chi connectivity index (χ1) is 10.1. The van der Waals surface area contributed by atoms with Crippen molar-refractivity contribution in [3.05, 3.63) is 42.7 Å². The quantitative estimate of drug-likeness (QED) is 0.861. The monoisotopic (exact) mass is 286 g/mol. The summed E-state index contributed by atoms with van der Waals surface area (Å²) in [5.74, 6) is 0. The number of carbonyl (C=O) groups excluding carboxylic acids is 1. The van der Waals surface area contributed by atoms with Crippen molar-refractivity contribution in [1.82, 2.24) is 9.78 Å². The van der Waals surface area contributed by atoms with Crippen molar-refractivity contribution in [3.63, 3.8) is 0 Å². The van der Waals surface area contributed by atoms with Crippen molar-refractivity contribution in [2.45, 2.75) is 6.10 Å². The van der Waals surface area contributed by atoms with Gasteiger partial charge in [0.1, 0.15) is 6.10 Å².